The van der Waals surface area contributed by atoms with E-state index in [9.17, 15) is 0 Å². The Morgan fingerprint density at radius 1 is 1.00 bits per heavy atom. The molecule has 0 aliphatic rings. The van der Waals surface area contributed by atoms with Gasteiger partial charge in [-0.25, -0.2) is 0 Å². The molecule has 0 fully saturated rings. The van der Waals surface area contributed by atoms with Crippen molar-refractivity contribution in [1.29, 1.82) is 0 Å². The van der Waals surface area contributed by atoms with Crippen molar-refractivity contribution in [2.24, 2.45) is 0 Å². The molecule has 0 amide bonds. The molecule has 108 valence electrons. The fourth-order valence-corrected chi connectivity index (χ4v) is 2.83. The number of alkyl halides is 1. The highest BCUT2D eigenvalue weighted by Crippen LogP contribution is 2.28. The Morgan fingerprint density at radius 2 is 1.63 bits per heavy atom. The fraction of sp³-hybridized carbons (Fsp3) is 0.647. The van der Waals surface area contributed by atoms with Gasteiger partial charge in [0.05, 0.1) is 5.60 Å². The van der Waals surface area contributed by atoms with Crippen molar-refractivity contribution >= 4 is 22.6 Å². The topological polar surface area (TPSA) is 9.23 Å². The second kappa shape index (κ2) is 9.76. The van der Waals surface area contributed by atoms with Crippen LogP contribution in [0.3, 0.4) is 0 Å². The molecule has 1 atom stereocenters. The van der Waals surface area contributed by atoms with Crippen molar-refractivity contribution in [1.82, 2.24) is 0 Å². The van der Waals surface area contributed by atoms with Crippen LogP contribution in [0.15, 0.2) is 30.3 Å². The zero-order valence-electron chi connectivity index (χ0n) is 12.3. The van der Waals surface area contributed by atoms with Gasteiger partial charge < -0.3 is 4.74 Å². The molecule has 0 radical (unpaired) electrons. The lowest BCUT2D eigenvalue weighted by molar-refractivity contribution is -0.0172. The molecule has 1 rings (SSSR count). The van der Waals surface area contributed by atoms with Crippen LogP contribution >= 0.6 is 22.6 Å². The molecule has 0 saturated carbocycles. The summed E-state index contributed by atoms with van der Waals surface area (Å²) in [6, 6.07) is 10.6. The van der Waals surface area contributed by atoms with Gasteiger partial charge in [0.15, 0.2) is 0 Å². The summed E-state index contributed by atoms with van der Waals surface area (Å²) in [4.78, 5) is 0. The molecule has 0 aliphatic carbocycles. The summed E-state index contributed by atoms with van der Waals surface area (Å²) < 4.78 is 7.15. The highest BCUT2D eigenvalue weighted by molar-refractivity contribution is 14.1. The van der Waals surface area contributed by atoms with Crippen LogP contribution in [0.25, 0.3) is 0 Å². The molecule has 1 aromatic carbocycles. The number of hydrogen-bond acceptors (Lipinski definition) is 1. The van der Waals surface area contributed by atoms with Gasteiger partial charge in [0.25, 0.3) is 0 Å². The molecule has 1 nitrogen and oxygen atoms in total. The SMILES string of the molecule is CCCCCCCCOC(C)(CI)c1ccccc1. The molecule has 0 heterocycles. The minimum absolute atomic E-state index is 0.134. The molecule has 0 aliphatic heterocycles. The summed E-state index contributed by atoms with van der Waals surface area (Å²) in [5.74, 6) is 0. The monoisotopic (exact) mass is 374 g/mol. The van der Waals surface area contributed by atoms with Crippen LogP contribution < -0.4 is 0 Å². The number of hydrogen-bond donors (Lipinski definition) is 0. The van der Waals surface area contributed by atoms with Gasteiger partial charge in [-0.2, -0.15) is 0 Å². The summed E-state index contributed by atoms with van der Waals surface area (Å²) in [5, 5.41) is 0. The number of halogens is 1. The average Bonchev–Trinajstić information content (AvgIpc) is 2.47. The number of ether oxygens (including phenoxy) is 1. The summed E-state index contributed by atoms with van der Waals surface area (Å²) in [6.07, 6.45) is 7.89. The Morgan fingerprint density at radius 3 is 2.26 bits per heavy atom. The van der Waals surface area contributed by atoms with Gasteiger partial charge in [-0.3, -0.25) is 0 Å². The predicted molar refractivity (Wildman–Crippen MR) is 92.0 cm³/mol. The molecule has 0 N–H and O–H groups in total. The van der Waals surface area contributed by atoms with Gasteiger partial charge in [0.2, 0.25) is 0 Å². The maximum atomic E-state index is 6.16. The quantitative estimate of drug-likeness (QED) is 0.289. The van der Waals surface area contributed by atoms with E-state index in [4.69, 9.17) is 4.74 Å². The van der Waals surface area contributed by atoms with Crippen LogP contribution in [-0.2, 0) is 10.3 Å². The van der Waals surface area contributed by atoms with Gasteiger partial charge in [-0.1, -0.05) is 92.0 Å². The summed E-state index contributed by atoms with van der Waals surface area (Å²) in [7, 11) is 0. The van der Waals surface area contributed by atoms with Crippen LogP contribution in [0, 0.1) is 0 Å². The first-order valence-electron chi connectivity index (χ1n) is 7.48. The summed E-state index contributed by atoms with van der Waals surface area (Å²) in [6.45, 7) is 5.33. The van der Waals surface area contributed by atoms with E-state index in [0.717, 1.165) is 11.0 Å². The standard InChI is InChI=1S/C17H27IO/c1-3-4-5-6-7-11-14-19-17(2,15-18)16-12-9-8-10-13-16/h8-10,12-13H,3-7,11,14-15H2,1-2H3. The third kappa shape index (κ3) is 6.26. The van der Waals surface area contributed by atoms with E-state index >= 15 is 0 Å². The normalized spacial score (nSPS) is 14.3. The molecule has 0 aromatic heterocycles. The summed E-state index contributed by atoms with van der Waals surface area (Å²) >= 11 is 2.42. The van der Waals surface area contributed by atoms with Crippen molar-refractivity contribution in [3.63, 3.8) is 0 Å². The molecule has 0 saturated heterocycles. The van der Waals surface area contributed by atoms with E-state index in [0.29, 0.717) is 0 Å². The minimum atomic E-state index is -0.134. The first kappa shape index (κ1) is 17.0. The van der Waals surface area contributed by atoms with Crippen LogP contribution in [0.4, 0.5) is 0 Å². The zero-order valence-corrected chi connectivity index (χ0v) is 14.5. The van der Waals surface area contributed by atoms with Gasteiger partial charge in [-0.05, 0) is 18.9 Å². The second-order valence-corrected chi connectivity index (χ2v) is 6.11. The van der Waals surface area contributed by atoms with Crippen LogP contribution in [0.1, 0.15) is 57.9 Å². The van der Waals surface area contributed by atoms with E-state index in [-0.39, 0.29) is 5.60 Å². The highest BCUT2D eigenvalue weighted by Gasteiger charge is 2.25. The van der Waals surface area contributed by atoms with Crippen LogP contribution in [-0.4, -0.2) is 11.0 Å². The Balaban J connectivity index is 2.29. The molecule has 0 spiro atoms. The smallest absolute Gasteiger partial charge is 0.0992 e. The number of rotatable bonds is 10. The summed E-state index contributed by atoms with van der Waals surface area (Å²) in [5.41, 5.74) is 1.15. The van der Waals surface area contributed by atoms with Gasteiger partial charge in [0, 0.05) is 11.0 Å². The van der Waals surface area contributed by atoms with Crippen LogP contribution in [0.2, 0.25) is 0 Å². The Kier molecular flexibility index (Phi) is 8.71. The Labute approximate surface area is 132 Å². The zero-order chi connectivity index (χ0) is 14.0. The first-order chi connectivity index (χ1) is 9.23. The molecular weight excluding hydrogens is 347 g/mol. The average molecular weight is 374 g/mol. The molecule has 1 unspecified atom stereocenters. The van der Waals surface area contributed by atoms with E-state index in [1.165, 1.54) is 44.1 Å². The fourth-order valence-electron chi connectivity index (χ4n) is 2.17. The van der Waals surface area contributed by atoms with E-state index in [1.54, 1.807) is 0 Å². The van der Waals surface area contributed by atoms with Crippen LogP contribution in [0.5, 0.6) is 0 Å². The number of benzene rings is 1. The van der Waals surface area contributed by atoms with Crippen molar-refractivity contribution < 1.29 is 4.74 Å². The lowest BCUT2D eigenvalue weighted by atomic mass is 9.98. The van der Waals surface area contributed by atoms with E-state index in [2.05, 4.69) is 66.8 Å². The van der Waals surface area contributed by atoms with Gasteiger partial charge in [-0.15, -0.1) is 0 Å². The highest BCUT2D eigenvalue weighted by atomic mass is 127. The van der Waals surface area contributed by atoms with E-state index < -0.39 is 0 Å². The van der Waals surface area contributed by atoms with Crippen molar-refractivity contribution in [2.45, 2.75) is 58.0 Å². The third-order valence-electron chi connectivity index (χ3n) is 3.56. The van der Waals surface area contributed by atoms with Crippen molar-refractivity contribution in [2.75, 3.05) is 11.0 Å². The lowest BCUT2D eigenvalue weighted by Crippen LogP contribution is -2.28. The predicted octanol–water partition coefficient (Wildman–Crippen LogP) is 5.71. The molecule has 2 heteroatoms. The molecule has 1 aromatic rings. The first-order valence-corrected chi connectivity index (χ1v) is 9.01. The largest absolute Gasteiger partial charge is 0.370 e. The molecule has 19 heavy (non-hydrogen) atoms. The molecular formula is C17H27IO. The maximum Gasteiger partial charge on any atom is 0.0992 e. The van der Waals surface area contributed by atoms with Crippen molar-refractivity contribution in [3.05, 3.63) is 35.9 Å². The Bertz CT molecular complexity index is 325. The van der Waals surface area contributed by atoms with E-state index in [1.807, 2.05) is 0 Å². The van der Waals surface area contributed by atoms with Crippen molar-refractivity contribution in [3.8, 4) is 0 Å². The third-order valence-corrected chi connectivity index (χ3v) is 5.01. The Hall–Kier alpha value is -0.0900. The second-order valence-electron chi connectivity index (χ2n) is 5.35. The van der Waals surface area contributed by atoms with Gasteiger partial charge >= 0.3 is 0 Å². The molecule has 0 bridgehead atoms. The maximum absolute atomic E-state index is 6.16. The number of unbranched alkanes of at least 4 members (excludes halogenated alkanes) is 5. The minimum Gasteiger partial charge on any atom is -0.370 e. The van der Waals surface area contributed by atoms with Gasteiger partial charge in [0.1, 0.15) is 0 Å². The lowest BCUT2D eigenvalue weighted by Gasteiger charge is -2.28.